The smallest absolute Gasteiger partial charge is 0.255 e. The van der Waals surface area contributed by atoms with Gasteiger partial charge in [-0.15, -0.1) is 0 Å². The first-order valence-corrected chi connectivity index (χ1v) is 6.84. The van der Waals surface area contributed by atoms with E-state index in [0.29, 0.717) is 29.4 Å². The third-order valence-corrected chi connectivity index (χ3v) is 3.65. The molecular weight excluding hydrogens is 264 g/mol. The van der Waals surface area contributed by atoms with E-state index in [-0.39, 0.29) is 5.91 Å². The highest BCUT2D eigenvalue weighted by atomic mass is 35.5. The minimum Gasteiger partial charge on any atom is -0.398 e. The first-order chi connectivity index (χ1) is 9.09. The molecule has 0 unspecified atom stereocenters. The number of hydrogen-bond acceptors (Lipinski definition) is 3. The summed E-state index contributed by atoms with van der Waals surface area (Å²) < 4.78 is 5.52. The van der Waals surface area contributed by atoms with Gasteiger partial charge in [0.1, 0.15) is 0 Å². The van der Waals surface area contributed by atoms with Crippen LogP contribution in [0.15, 0.2) is 18.2 Å². The topological polar surface area (TPSA) is 55.6 Å². The number of carbonyl (C=O) groups is 1. The van der Waals surface area contributed by atoms with Crippen molar-refractivity contribution < 1.29 is 9.53 Å². The molecule has 0 atom stereocenters. The molecule has 0 heterocycles. The number of nitrogens with zero attached hydrogens (tertiary/aromatic N) is 1. The van der Waals surface area contributed by atoms with Crippen LogP contribution in [0.1, 0.15) is 23.2 Å². The number of nitrogen functional groups attached to an aromatic ring is 1. The Morgan fingerprint density at radius 3 is 2.95 bits per heavy atom. The van der Waals surface area contributed by atoms with Gasteiger partial charge in [-0.1, -0.05) is 17.7 Å². The van der Waals surface area contributed by atoms with Gasteiger partial charge in [0.25, 0.3) is 5.91 Å². The van der Waals surface area contributed by atoms with Gasteiger partial charge in [-0.2, -0.15) is 0 Å². The van der Waals surface area contributed by atoms with Gasteiger partial charge in [0.15, 0.2) is 0 Å². The summed E-state index contributed by atoms with van der Waals surface area (Å²) in [7, 11) is 1.74. The molecule has 1 fully saturated rings. The first kappa shape index (κ1) is 14.2. The Hall–Kier alpha value is -1.26. The maximum Gasteiger partial charge on any atom is 0.255 e. The van der Waals surface area contributed by atoms with Gasteiger partial charge in [-0.25, -0.2) is 0 Å². The molecule has 0 bridgehead atoms. The van der Waals surface area contributed by atoms with Crippen LogP contribution in [0, 0.1) is 5.92 Å². The number of nitrogens with two attached hydrogens (primary N) is 1. The average Bonchev–Trinajstić information content (AvgIpc) is 3.21. The Labute approximate surface area is 118 Å². The zero-order valence-corrected chi connectivity index (χ0v) is 11.8. The van der Waals surface area contributed by atoms with Crippen LogP contribution in [0.25, 0.3) is 0 Å². The van der Waals surface area contributed by atoms with Crippen molar-refractivity contribution in [2.45, 2.75) is 12.8 Å². The number of halogens is 1. The van der Waals surface area contributed by atoms with Crippen molar-refractivity contribution in [3.8, 4) is 0 Å². The summed E-state index contributed by atoms with van der Waals surface area (Å²) in [4.78, 5) is 13.8. The number of hydrogen-bond donors (Lipinski definition) is 1. The second kappa shape index (κ2) is 6.26. The predicted octanol–water partition coefficient (Wildman–Crippen LogP) is 2.42. The monoisotopic (exact) mass is 282 g/mol. The van der Waals surface area contributed by atoms with E-state index in [9.17, 15) is 4.79 Å². The lowest BCUT2D eigenvalue weighted by molar-refractivity contribution is 0.0681. The van der Waals surface area contributed by atoms with E-state index in [0.717, 1.165) is 12.5 Å². The van der Waals surface area contributed by atoms with Crippen LogP contribution in [-0.2, 0) is 4.74 Å². The molecule has 0 aromatic heterocycles. The van der Waals surface area contributed by atoms with Crippen molar-refractivity contribution in [3.63, 3.8) is 0 Å². The lowest BCUT2D eigenvalue weighted by Crippen LogP contribution is -2.30. The predicted molar refractivity (Wildman–Crippen MR) is 76.4 cm³/mol. The second-order valence-corrected chi connectivity index (χ2v) is 5.33. The molecule has 0 saturated heterocycles. The molecule has 1 aliphatic rings. The van der Waals surface area contributed by atoms with Crippen molar-refractivity contribution >= 4 is 23.2 Å². The Kier molecular flexibility index (Phi) is 4.66. The quantitative estimate of drug-likeness (QED) is 0.644. The van der Waals surface area contributed by atoms with Gasteiger partial charge in [-0.3, -0.25) is 4.79 Å². The zero-order valence-electron chi connectivity index (χ0n) is 11.1. The van der Waals surface area contributed by atoms with Crippen LogP contribution >= 0.6 is 11.6 Å². The maximum atomic E-state index is 12.2. The average molecular weight is 283 g/mol. The SMILES string of the molecule is CN(CCOCC1CC1)C(=O)c1cccc(N)c1Cl. The van der Waals surface area contributed by atoms with Crippen molar-refractivity contribution in [1.29, 1.82) is 0 Å². The van der Waals surface area contributed by atoms with Crippen LogP contribution < -0.4 is 5.73 Å². The number of amides is 1. The van der Waals surface area contributed by atoms with Crippen molar-refractivity contribution in [2.24, 2.45) is 5.92 Å². The van der Waals surface area contributed by atoms with E-state index in [2.05, 4.69) is 0 Å². The summed E-state index contributed by atoms with van der Waals surface area (Å²) in [5.74, 6) is 0.608. The largest absolute Gasteiger partial charge is 0.398 e. The highest BCUT2D eigenvalue weighted by Gasteiger charge is 2.21. The van der Waals surface area contributed by atoms with Crippen LogP contribution in [-0.4, -0.2) is 37.6 Å². The lowest BCUT2D eigenvalue weighted by Gasteiger charge is -2.18. The standard InChI is InChI=1S/C14H19ClN2O2/c1-17(7-8-19-9-10-5-6-10)14(18)11-3-2-4-12(16)13(11)15/h2-4,10H,5-9,16H2,1H3. The third-order valence-electron chi connectivity index (χ3n) is 3.23. The van der Waals surface area contributed by atoms with Crippen LogP contribution in [0.4, 0.5) is 5.69 Å². The highest BCUT2D eigenvalue weighted by molar-refractivity contribution is 6.36. The van der Waals surface area contributed by atoms with E-state index in [1.54, 1.807) is 30.1 Å². The summed E-state index contributed by atoms with van der Waals surface area (Å²) in [5.41, 5.74) is 6.55. The van der Waals surface area contributed by atoms with E-state index in [1.807, 2.05) is 0 Å². The Morgan fingerprint density at radius 1 is 1.53 bits per heavy atom. The molecule has 1 amide bonds. The molecule has 1 aromatic carbocycles. The summed E-state index contributed by atoms with van der Waals surface area (Å²) in [6.45, 7) is 1.91. The molecule has 0 radical (unpaired) electrons. The van der Waals surface area contributed by atoms with E-state index < -0.39 is 0 Å². The fraction of sp³-hybridized carbons (Fsp3) is 0.500. The summed E-state index contributed by atoms with van der Waals surface area (Å²) >= 11 is 6.04. The molecule has 19 heavy (non-hydrogen) atoms. The van der Waals surface area contributed by atoms with Gasteiger partial charge < -0.3 is 15.4 Å². The maximum absolute atomic E-state index is 12.2. The molecule has 0 aliphatic heterocycles. The Balaban J connectivity index is 1.84. The van der Waals surface area contributed by atoms with Crippen molar-refractivity contribution in [3.05, 3.63) is 28.8 Å². The number of benzene rings is 1. The molecule has 2 N–H and O–H groups in total. The fourth-order valence-corrected chi connectivity index (χ4v) is 1.96. The second-order valence-electron chi connectivity index (χ2n) is 4.95. The Bertz CT molecular complexity index is 461. The zero-order chi connectivity index (χ0) is 13.8. The molecule has 0 spiro atoms. The molecular formula is C14H19ClN2O2. The molecule has 1 saturated carbocycles. The number of anilines is 1. The normalized spacial score (nSPS) is 14.4. The minimum absolute atomic E-state index is 0.132. The van der Waals surface area contributed by atoms with Gasteiger partial charge in [0, 0.05) is 20.2 Å². The molecule has 1 aromatic rings. The lowest BCUT2D eigenvalue weighted by atomic mass is 10.2. The number of carbonyl (C=O) groups excluding carboxylic acids is 1. The third kappa shape index (κ3) is 3.85. The summed E-state index contributed by atoms with van der Waals surface area (Å²) in [6, 6.07) is 5.09. The molecule has 5 heteroatoms. The number of likely N-dealkylation sites (N-methyl/N-ethyl adjacent to an activating group) is 1. The summed E-state index contributed by atoms with van der Waals surface area (Å²) in [6.07, 6.45) is 2.54. The molecule has 104 valence electrons. The molecule has 4 nitrogen and oxygen atoms in total. The van der Waals surface area contributed by atoms with Crippen molar-refractivity contribution in [1.82, 2.24) is 4.90 Å². The highest BCUT2D eigenvalue weighted by Crippen LogP contribution is 2.28. The molecule has 2 rings (SSSR count). The van der Waals surface area contributed by atoms with Crippen LogP contribution in [0.2, 0.25) is 5.02 Å². The van der Waals surface area contributed by atoms with Gasteiger partial charge >= 0.3 is 0 Å². The van der Waals surface area contributed by atoms with Gasteiger partial charge in [0.05, 0.1) is 22.9 Å². The van der Waals surface area contributed by atoms with E-state index in [1.165, 1.54) is 12.8 Å². The van der Waals surface area contributed by atoms with E-state index >= 15 is 0 Å². The van der Waals surface area contributed by atoms with Gasteiger partial charge in [-0.05, 0) is 30.9 Å². The summed E-state index contributed by atoms with van der Waals surface area (Å²) in [5, 5.41) is 0.318. The molecule has 1 aliphatic carbocycles. The number of rotatable bonds is 6. The van der Waals surface area contributed by atoms with Crippen molar-refractivity contribution in [2.75, 3.05) is 32.5 Å². The minimum atomic E-state index is -0.132. The van der Waals surface area contributed by atoms with E-state index in [4.69, 9.17) is 22.1 Å². The van der Waals surface area contributed by atoms with Gasteiger partial charge in [0.2, 0.25) is 0 Å². The van der Waals surface area contributed by atoms with Crippen LogP contribution in [0.5, 0.6) is 0 Å². The van der Waals surface area contributed by atoms with Crippen LogP contribution in [0.3, 0.4) is 0 Å². The first-order valence-electron chi connectivity index (χ1n) is 6.46. The Morgan fingerprint density at radius 2 is 2.26 bits per heavy atom. The number of ether oxygens (including phenoxy) is 1. The fourth-order valence-electron chi connectivity index (χ4n) is 1.76.